The van der Waals surface area contributed by atoms with Crippen LogP contribution in [0.25, 0.3) is 0 Å². The van der Waals surface area contributed by atoms with E-state index in [4.69, 9.17) is 4.74 Å². The summed E-state index contributed by atoms with van der Waals surface area (Å²) in [7, 11) is 0. The Balaban J connectivity index is 3.75. The molecule has 0 bridgehead atoms. The first-order valence-corrected chi connectivity index (χ1v) is 12.8. The van der Waals surface area contributed by atoms with Crippen LogP contribution in [0.3, 0.4) is 0 Å². The number of carboxylic acid groups (broad SMARTS) is 1. The summed E-state index contributed by atoms with van der Waals surface area (Å²) in [5.41, 5.74) is -0.671. The topological polar surface area (TPSA) is 105 Å². The van der Waals surface area contributed by atoms with E-state index in [0.29, 0.717) is 0 Å². The highest BCUT2D eigenvalue weighted by atomic mass is 16.6. The maximum Gasteiger partial charge on any atom is 0.407 e. The second kappa shape index (κ2) is 19.4. The fourth-order valence-electron chi connectivity index (χ4n) is 3.32. The minimum absolute atomic E-state index is 0.220. The summed E-state index contributed by atoms with van der Waals surface area (Å²) >= 11 is 0. The Bertz CT molecular complexity index is 570. The van der Waals surface area contributed by atoms with Crippen molar-refractivity contribution < 1.29 is 24.2 Å². The normalized spacial score (nSPS) is 12.5. The standard InChI is InChI=1S/C26H48N2O5/c1-5-6-7-8-9-10-11-12-13-14-15-16-17-18-19-20-23(29)28-22(24(30)31)21-27-25(32)33-26(2,3)4/h12-13,22H,5-11,14-21H2,1-4H3,(H,27,32)(H,28,29)(H,30,31)/b13-12-/t22-/m0/s1. The van der Waals surface area contributed by atoms with Crippen molar-refractivity contribution in [3.05, 3.63) is 12.2 Å². The summed E-state index contributed by atoms with van der Waals surface area (Å²) in [6, 6.07) is -1.17. The van der Waals surface area contributed by atoms with Gasteiger partial charge in [0.25, 0.3) is 0 Å². The van der Waals surface area contributed by atoms with E-state index in [1.807, 2.05) is 0 Å². The van der Waals surface area contributed by atoms with E-state index in [0.717, 1.165) is 38.5 Å². The number of carbonyl (C=O) groups is 3. The molecule has 7 heteroatoms. The second-order valence-corrected chi connectivity index (χ2v) is 9.68. The van der Waals surface area contributed by atoms with Gasteiger partial charge >= 0.3 is 12.1 Å². The molecule has 192 valence electrons. The van der Waals surface area contributed by atoms with E-state index in [-0.39, 0.29) is 18.9 Å². The summed E-state index contributed by atoms with van der Waals surface area (Å²) in [5.74, 6) is -1.50. The van der Waals surface area contributed by atoms with Gasteiger partial charge in [-0.05, 0) is 52.9 Å². The summed E-state index contributed by atoms with van der Waals surface area (Å²) in [5, 5.41) is 14.1. The molecule has 0 aliphatic heterocycles. The average molecular weight is 469 g/mol. The number of amides is 2. The van der Waals surface area contributed by atoms with Gasteiger partial charge in [-0.2, -0.15) is 0 Å². The number of alkyl carbamates (subject to hydrolysis) is 1. The zero-order valence-electron chi connectivity index (χ0n) is 21.4. The largest absolute Gasteiger partial charge is 0.480 e. The molecule has 0 aromatic carbocycles. The molecule has 0 spiro atoms. The van der Waals surface area contributed by atoms with Crippen molar-refractivity contribution in [2.45, 2.75) is 129 Å². The predicted octanol–water partition coefficient (Wildman–Crippen LogP) is 6.12. The molecule has 0 fully saturated rings. The van der Waals surface area contributed by atoms with Crippen molar-refractivity contribution in [3.8, 4) is 0 Å². The second-order valence-electron chi connectivity index (χ2n) is 9.68. The molecule has 0 aromatic rings. The Labute approximate surface area is 201 Å². The summed E-state index contributed by atoms with van der Waals surface area (Å²) in [6.45, 7) is 7.18. The van der Waals surface area contributed by atoms with E-state index >= 15 is 0 Å². The first-order valence-electron chi connectivity index (χ1n) is 12.8. The molecule has 0 radical (unpaired) electrons. The first-order chi connectivity index (χ1) is 15.7. The predicted molar refractivity (Wildman–Crippen MR) is 133 cm³/mol. The third-order valence-corrected chi connectivity index (χ3v) is 5.15. The quantitative estimate of drug-likeness (QED) is 0.156. The maximum atomic E-state index is 12.0. The number of rotatable bonds is 19. The summed E-state index contributed by atoms with van der Waals surface area (Å²) < 4.78 is 5.07. The number of hydrogen-bond acceptors (Lipinski definition) is 4. The van der Waals surface area contributed by atoms with Crippen molar-refractivity contribution in [1.82, 2.24) is 10.6 Å². The molecule has 2 amide bonds. The third kappa shape index (κ3) is 21.6. The highest BCUT2D eigenvalue weighted by Gasteiger charge is 2.22. The highest BCUT2D eigenvalue weighted by Crippen LogP contribution is 2.10. The van der Waals surface area contributed by atoms with Gasteiger partial charge in [0.2, 0.25) is 5.91 Å². The van der Waals surface area contributed by atoms with Crippen molar-refractivity contribution in [1.29, 1.82) is 0 Å². The molecule has 0 saturated heterocycles. The number of nitrogens with one attached hydrogen (secondary N) is 2. The number of carbonyl (C=O) groups excluding carboxylic acids is 2. The van der Waals surface area contributed by atoms with Crippen LogP contribution in [0.2, 0.25) is 0 Å². The zero-order chi connectivity index (χ0) is 25.0. The summed E-state index contributed by atoms with van der Waals surface area (Å²) in [4.78, 5) is 35.0. The van der Waals surface area contributed by atoms with E-state index in [2.05, 4.69) is 29.7 Å². The minimum atomic E-state index is -1.19. The van der Waals surface area contributed by atoms with Gasteiger partial charge in [0.05, 0.1) is 6.54 Å². The maximum absolute atomic E-state index is 12.0. The molecule has 0 rings (SSSR count). The van der Waals surface area contributed by atoms with Crippen LogP contribution < -0.4 is 10.6 Å². The van der Waals surface area contributed by atoms with Crippen LogP contribution in [-0.4, -0.2) is 41.3 Å². The Morgan fingerprint density at radius 1 is 0.848 bits per heavy atom. The van der Waals surface area contributed by atoms with Gasteiger partial charge in [-0.3, -0.25) is 4.79 Å². The Hall–Kier alpha value is -2.05. The van der Waals surface area contributed by atoms with E-state index < -0.39 is 23.7 Å². The monoisotopic (exact) mass is 468 g/mol. The Morgan fingerprint density at radius 3 is 1.88 bits per heavy atom. The molecular formula is C26H48N2O5. The number of hydrogen-bond donors (Lipinski definition) is 3. The average Bonchev–Trinajstić information content (AvgIpc) is 2.72. The fraction of sp³-hybridized carbons (Fsp3) is 0.808. The lowest BCUT2D eigenvalue weighted by Crippen LogP contribution is -2.49. The summed E-state index contributed by atoms with van der Waals surface area (Å²) in [6.07, 6.45) is 19.5. The van der Waals surface area contributed by atoms with E-state index in [1.165, 1.54) is 44.9 Å². The number of unbranched alkanes of at least 4 members (excludes halogenated alkanes) is 11. The lowest BCUT2D eigenvalue weighted by molar-refractivity contribution is -0.141. The van der Waals surface area contributed by atoms with Crippen molar-refractivity contribution in [2.75, 3.05) is 6.54 Å². The van der Waals surface area contributed by atoms with Crippen molar-refractivity contribution in [2.24, 2.45) is 0 Å². The van der Waals surface area contributed by atoms with Crippen LogP contribution in [-0.2, 0) is 14.3 Å². The SMILES string of the molecule is CCCCCCCC/C=C\CCCCCCCC(=O)N[C@@H](CNC(=O)OC(C)(C)C)C(=O)O. The van der Waals surface area contributed by atoms with Gasteiger partial charge < -0.3 is 20.5 Å². The first kappa shape index (κ1) is 30.9. The molecule has 7 nitrogen and oxygen atoms in total. The van der Waals surface area contributed by atoms with Crippen LogP contribution in [0.15, 0.2) is 12.2 Å². The van der Waals surface area contributed by atoms with Crippen molar-refractivity contribution >= 4 is 18.0 Å². The lowest BCUT2D eigenvalue weighted by atomic mass is 10.1. The molecular weight excluding hydrogens is 420 g/mol. The van der Waals surface area contributed by atoms with Gasteiger partial charge in [-0.15, -0.1) is 0 Å². The molecule has 0 aliphatic rings. The van der Waals surface area contributed by atoms with Crippen LogP contribution >= 0.6 is 0 Å². The molecule has 0 heterocycles. The van der Waals surface area contributed by atoms with Crippen molar-refractivity contribution in [3.63, 3.8) is 0 Å². The zero-order valence-corrected chi connectivity index (χ0v) is 21.4. The third-order valence-electron chi connectivity index (χ3n) is 5.15. The number of ether oxygens (including phenoxy) is 1. The van der Waals surface area contributed by atoms with Crippen LogP contribution in [0, 0.1) is 0 Å². The Morgan fingerprint density at radius 2 is 1.36 bits per heavy atom. The molecule has 33 heavy (non-hydrogen) atoms. The van der Waals surface area contributed by atoms with Gasteiger partial charge in [-0.25, -0.2) is 9.59 Å². The molecule has 3 N–H and O–H groups in total. The van der Waals surface area contributed by atoms with Gasteiger partial charge in [0.1, 0.15) is 11.6 Å². The minimum Gasteiger partial charge on any atom is -0.480 e. The molecule has 1 atom stereocenters. The Kier molecular flexibility index (Phi) is 18.2. The molecule has 0 saturated carbocycles. The molecule has 0 aromatic heterocycles. The number of aliphatic carboxylic acids is 1. The number of allylic oxidation sites excluding steroid dienone is 2. The van der Waals surface area contributed by atoms with Crippen LogP contribution in [0.1, 0.15) is 118 Å². The van der Waals surface area contributed by atoms with E-state index in [9.17, 15) is 19.5 Å². The van der Waals surface area contributed by atoms with Gasteiger partial charge in [0.15, 0.2) is 0 Å². The highest BCUT2D eigenvalue weighted by molar-refractivity contribution is 5.84. The van der Waals surface area contributed by atoms with Crippen LogP contribution in [0.4, 0.5) is 4.79 Å². The smallest absolute Gasteiger partial charge is 0.407 e. The van der Waals surface area contributed by atoms with Gasteiger partial charge in [0, 0.05) is 6.42 Å². The fourth-order valence-corrected chi connectivity index (χ4v) is 3.32. The molecule has 0 unspecified atom stereocenters. The van der Waals surface area contributed by atoms with E-state index in [1.54, 1.807) is 20.8 Å². The number of carboxylic acids is 1. The van der Waals surface area contributed by atoms with Gasteiger partial charge in [-0.1, -0.05) is 70.4 Å². The van der Waals surface area contributed by atoms with Crippen LogP contribution in [0.5, 0.6) is 0 Å². The molecule has 0 aliphatic carbocycles. The lowest BCUT2D eigenvalue weighted by Gasteiger charge is -2.21.